The minimum Gasteiger partial charge on any atom is -0.393 e. The number of aliphatic hydroxyl groups excluding tert-OH is 1. The third-order valence-corrected chi connectivity index (χ3v) is 3.54. The van der Waals surface area contributed by atoms with Gasteiger partial charge in [-0.3, -0.25) is 0 Å². The van der Waals surface area contributed by atoms with Gasteiger partial charge in [-0.25, -0.2) is 0 Å². The zero-order valence-corrected chi connectivity index (χ0v) is 10.7. The lowest BCUT2D eigenvalue weighted by Crippen LogP contribution is -2.10. The molecule has 1 saturated carbocycles. The smallest absolute Gasteiger partial charge is 0.0540 e. The monoisotopic (exact) mass is 222 g/mol. The molecule has 1 nitrogen and oxygen atoms in total. The lowest BCUT2D eigenvalue weighted by atomic mass is 9.92. The number of aliphatic hydroxyl groups is 1. The molecule has 0 heterocycles. The zero-order chi connectivity index (χ0) is 11.6. The Balaban J connectivity index is 2.37. The van der Waals surface area contributed by atoms with Crippen LogP contribution in [0.15, 0.2) is 0 Å². The molecule has 1 aliphatic rings. The first kappa shape index (κ1) is 13.6. The van der Waals surface area contributed by atoms with Crippen molar-refractivity contribution in [2.75, 3.05) is 0 Å². The van der Waals surface area contributed by atoms with Gasteiger partial charge in [-0.15, -0.1) is 11.8 Å². The summed E-state index contributed by atoms with van der Waals surface area (Å²) in [5, 5.41) is 9.83. The van der Waals surface area contributed by atoms with E-state index in [-0.39, 0.29) is 6.10 Å². The molecule has 2 unspecified atom stereocenters. The Morgan fingerprint density at radius 2 is 1.44 bits per heavy atom. The molecule has 0 aliphatic heterocycles. The van der Waals surface area contributed by atoms with Crippen LogP contribution in [0.25, 0.3) is 0 Å². The molecule has 0 bridgehead atoms. The Hall–Kier alpha value is -0.480. The van der Waals surface area contributed by atoms with Crippen LogP contribution in [0.1, 0.15) is 71.1 Å². The predicted octanol–water partition coefficient (Wildman–Crippen LogP) is 3.90. The van der Waals surface area contributed by atoms with Crippen molar-refractivity contribution in [2.45, 2.75) is 77.2 Å². The fourth-order valence-electron chi connectivity index (χ4n) is 2.51. The first-order valence-corrected chi connectivity index (χ1v) is 6.93. The molecule has 2 atom stereocenters. The van der Waals surface area contributed by atoms with Gasteiger partial charge >= 0.3 is 0 Å². The van der Waals surface area contributed by atoms with E-state index in [0.29, 0.717) is 5.92 Å². The van der Waals surface area contributed by atoms with Crippen molar-refractivity contribution in [3.63, 3.8) is 0 Å². The Kier molecular flexibility index (Phi) is 7.34. The number of rotatable bonds is 0. The van der Waals surface area contributed by atoms with Gasteiger partial charge in [0.2, 0.25) is 0 Å². The van der Waals surface area contributed by atoms with Crippen LogP contribution in [-0.4, -0.2) is 11.2 Å². The highest BCUT2D eigenvalue weighted by Crippen LogP contribution is 2.20. The molecular weight excluding hydrogens is 196 g/mol. The van der Waals surface area contributed by atoms with Gasteiger partial charge in [0.1, 0.15) is 0 Å². The van der Waals surface area contributed by atoms with Crippen molar-refractivity contribution in [3.05, 3.63) is 0 Å². The normalized spacial score (nSPS) is 29.4. The molecule has 0 aromatic carbocycles. The van der Waals surface area contributed by atoms with E-state index in [9.17, 15) is 5.11 Å². The molecular formula is C15H26O. The Bertz CT molecular complexity index is 223. The second-order valence-electron chi connectivity index (χ2n) is 5.02. The van der Waals surface area contributed by atoms with E-state index < -0.39 is 0 Å². The van der Waals surface area contributed by atoms with E-state index in [1.54, 1.807) is 0 Å². The fraction of sp³-hybridized carbons (Fsp3) is 0.867. The summed E-state index contributed by atoms with van der Waals surface area (Å²) in [5.41, 5.74) is 0. The molecule has 0 aromatic rings. The van der Waals surface area contributed by atoms with Crippen LogP contribution >= 0.6 is 0 Å². The average molecular weight is 222 g/mol. The second-order valence-corrected chi connectivity index (χ2v) is 5.02. The van der Waals surface area contributed by atoms with Gasteiger partial charge in [0, 0.05) is 5.92 Å². The standard InChI is InChI=1S/C15H26O/c1-2-9-14-10-7-5-3-4-6-8-11-15(16)13-12-14/h14-16H,3-8,10-13H2,1H3. The maximum absolute atomic E-state index is 9.83. The summed E-state index contributed by atoms with van der Waals surface area (Å²) in [4.78, 5) is 0. The van der Waals surface area contributed by atoms with Gasteiger partial charge in [0.15, 0.2) is 0 Å². The van der Waals surface area contributed by atoms with Crippen LogP contribution in [-0.2, 0) is 0 Å². The van der Waals surface area contributed by atoms with Crippen LogP contribution in [0.3, 0.4) is 0 Å². The molecule has 16 heavy (non-hydrogen) atoms. The number of hydrogen-bond acceptors (Lipinski definition) is 1. The molecule has 1 rings (SSSR count). The summed E-state index contributed by atoms with van der Waals surface area (Å²) >= 11 is 0. The van der Waals surface area contributed by atoms with Gasteiger partial charge in [-0.2, -0.15) is 0 Å². The first-order valence-electron chi connectivity index (χ1n) is 6.93. The van der Waals surface area contributed by atoms with Crippen molar-refractivity contribution in [3.8, 4) is 11.8 Å². The predicted molar refractivity (Wildman–Crippen MR) is 69.1 cm³/mol. The molecule has 0 aromatic heterocycles. The topological polar surface area (TPSA) is 20.2 Å². The van der Waals surface area contributed by atoms with Gasteiger partial charge < -0.3 is 5.11 Å². The molecule has 0 saturated heterocycles. The summed E-state index contributed by atoms with van der Waals surface area (Å²) in [6, 6.07) is 0. The van der Waals surface area contributed by atoms with Gasteiger partial charge in [0.25, 0.3) is 0 Å². The van der Waals surface area contributed by atoms with E-state index in [1.807, 2.05) is 6.92 Å². The SMILES string of the molecule is CC#CC1CCCCCCCCC(O)CC1. The highest BCUT2D eigenvalue weighted by Gasteiger charge is 2.10. The van der Waals surface area contributed by atoms with E-state index in [1.165, 1.54) is 44.9 Å². The summed E-state index contributed by atoms with van der Waals surface area (Å²) in [6.45, 7) is 1.92. The summed E-state index contributed by atoms with van der Waals surface area (Å²) < 4.78 is 0. The maximum atomic E-state index is 9.83. The molecule has 1 heteroatoms. The molecule has 0 radical (unpaired) electrons. The largest absolute Gasteiger partial charge is 0.393 e. The van der Waals surface area contributed by atoms with E-state index in [4.69, 9.17) is 0 Å². The van der Waals surface area contributed by atoms with Crippen LogP contribution in [0, 0.1) is 17.8 Å². The Labute approximate surface area is 101 Å². The zero-order valence-electron chi connectivity index (χ0n) is 10.7. The lowest BCUT2D eigenvalue weighted by molar-refractivity contribution is 0.143. The minimum absolute atomic E-state index is 0.0828. The molecule has 0 amide bonds. The van der Waals surface area contributed by atoms with Gasteiger partial charge in [-0.1, -0.05) is 38.5 Å². The fourth-order valence-corrected chi connectivity index (χ4v) is 2.51. The number of hydrogen-bond donors (Lipinski definition) is 1. The van der Waals surface area contributed by atoms with Crippen molar-refractivity contribution < 1.29 is 5.11 Å². The molecule has 1 aliphatic carbocycles. The summed E-state index contributed by atoms with van der Waals surface area (Å²) in [5.74, 6) is 6.86. The van der Waals surface area contributed by atoms with Gasteiger partial charge in [-0.05, 0) is 32.6 Å². The molecule has 1 N–H and O–H groups in total. The van der Waals surface area contributed by atoms with Crippen LogP contribution < -0.4 is 0 Å². The molecule has 92 valence electrons. The third-order valence-electron chi connectivity index (χ3n) is 3.54. The van der Waals surface area contributed by atoms with E-state index in [0.717, 1.165) is 19.3 Å². The Morgan fingerprint density at radius 1 is 0.812 bits per heavy atom. The van der Waals surface area contributed by atoms with E-state index in [2.05, 4.69) is 11.8 Å². The minimum atomic E-state index is -0.0828. The highest BCUT2D eigenvalue weighted by molar-refractivity contribution is 5.00. The second kappa shape index (κ2) is 8.65. The van der Waals surface area contributed by atoms with Crippen molar-refractivity contribution in [2.24, 2.45) is 5.92 Å². The summed E-state index contributed by atoms with van der Waals surface area (Å²) in [7, 11) is 0. The highest BCUT2D eigenvalue weighted by atomic mass is 16.3. The average Bonchev–Trinajstić information content (AvgIpc) is 2.27. The molecule has 1 fully saturated rings. The maximum Gasteiger partial charge on any atom is 0.0540 e. The van der Waals surface area contributed by atoms with Crippen LogP contribution in [0.2, 0.25) is 0 Å². The van der Waals surface area contributed by atoms with Crippen molar-refractivity contribution in [1.29, 1.82) is 0 Å². The molecule has 0 spiro atoms. The van der Waals surface area contributed by atoms with Crippen LogP contribution in [0.4, 0.5) is 0 Å². The third kappa shape index (κ3) is 6.18. The van der Waals surface area contributed by atoms with E-state index >= 15 is 0 Å². The summed E-state index contributed by atoms with van der Waals surface area (Å²) in [6.07, 6.45) is 12.1. The Morgan fingerprint density at radius 3 is 2.12 bits per heavy atom. The van der Waals surface area contributed by atoms with Crippen molar-refractivity contribution >= 4 is 0 Å². The van der Waals surface area contributed by atoms with Crippen molar-refractivity contribution in [1.82, 2.24) is 0 Å². The van der Waals surface area contributed by atoms with Gasteiger partial charge in [0.05, 0.1) is 6.10 Å². The van der Waals surface area contributed by atoms with Crippen LogP contribution in [0.5, 0.6) is 0 Å². The first-order chi connectivity index (χ1) is 7.83. The lowest BCUT2D eigenvalue weighted by Gasteiger charge is -2.15. The quantitative estimate of drug-likeness (QED) is 0.616.